The van der Waals surface area contributed by atoms with Crippen molar-refractivity contribution < 1.29 is 60.0 Å². The second-order valence-corrected chi connectivity index (χ2v) is 10.2. The van der Waals surface area contributed by atoms with Gasteiger partial charge < -0.3 is 10.4 Å². The van der Waals surface area contributed by atoms with Gasteiger partial charge in [0.15, 0.2) is 0 Å². The van der Waals surface area contributed by atoms with Gasteiger partial charge in [0.05, 0.1) is 6.61 Å². The molecule has 13 heteroatoms. The van der Waals surface area contributed by atoms with E-state index in [1.54, 1.807) is 0 Å². The highest BCUT2D eigenvalue weighted by molar-refractivity contribution is 5.55. The lowest BCUT2D eigenvalue weighted by Gasteiger charge is -2.05. The molecule has 0 aliphatic rings. The third-order valence-corrected chi connectivity index (χ3v) is 6.64. The van der Waals surface area contributed by atoms with Gasteiger partial charge in [0.2, 0.25) is 0 Å². The fourth-order valence-electron chi connectivity index (χ4n) is 4.38. The van der Waals surface area contributed by atoms with Crippen LogP contribution >= 0.6 is 0 Å². The van der Waals surface area contributed by atoms with Crippen LogP contribution in [0.15, 0.2) is 0 Å². The molecule has 0 heterocycles. The molecule has 0 saturated carbocycles. The molecule has 0 amide bonds. The van der Waals surface area contributed by atoms with Gasteiger partial charge in [-0.05, 0) is 52.5 Å². The molecule has 246 valence electrons. The van der Waals surface area contributed by atoms with Crippen molar-refractivity contribution in [2.45, 2.75) is 155 Å². The molecule has 0 aliphatic heterocycles. The zero-order valence-electron chi connectivity index (χ0n) is 25.3. The monoisotopic (exact) mass is 599 g/mol. The Kier molecular flexibility index (Phi) is 35.9. The molecular formula is C28H57NO12. The maximum atomic E-state index is 9.85. The SMILES string of the molecule is CCCCCNCCCCCCCCCCCCCCCCCCCCCCOOOOOOOOOOC(=O)O. The molecule has 0 radical (unpaired) electrons. The number of hydrogen-bond acceptors (Lipinski definition) is 12. The van der Waals surface area contributed by atoms with Crippen LogP contribution in [0, 0.1) is 0 Å². The molecule has 2 N–H and O–H groups in total. The highest BCUT2D eigenvalue weighted by Crippen LogP contribution is 2.15. The molecule has 0 aromatic carbocycles. The largest absolute Gasteiger partial charge is 0.540 e. The molecule has 0 aromatic heterocycles. The Labute approximate surface area is 246 Å². The van der Waals surface area contributed by atoms with Gasteiger partial charge in [-0.15, -0.1) is 0 Å². The number of nitrogens with one attached hydrogen (secondary N) is 1. The van der Waals surface area contributed by atoms with Gasteiger partial charge in [0.1, 0.15) is 0 Å². The van der Waals surface area contributed by atoms with Crippen LogP contribution in [0.25, 0.3) is 0 Å². The summed E-state index contributed by atoms with van der Waals surface area (Å²) < 4.78 is 0. The number of carbonyl (C=O) groups is 1. The van der Waals surface area contributed by atoms with Crippen molar-refractivity contribution >= 4 is 6.16 Å². The van der Waals surface area contributed by atoms with Gasteiger partial charge in [0, 0.05) is 20.2 Å². The fraction of sp³-hybridized carbons (Fsp3) is 0.964. The minimum absolute atomic E-state index is 0.321. The van der Waals surface area contributed by atoms with Crippen LogP contribution in [0.3, 0.4) is 0 Å². The summed E-state index contributed by atoms with van der Waals surface area (Å²) in [6.07, 6.45) is 28.6. The first kappa shape index (κ1) is 39.9. The summed E-state index contributed by atoms with van der Waals surface area (Å²) in [6, 6.07) is 0. The summed E-state index contributed by atoms with van der Waals surface area (Å²) in [7, 11) is 0. The van der Waals surface area contributed by atoms with Crippen LogP contribution in [-0.2, 0) is 50.1 Å². The van der Waals surface area contributed by atoms with Gasteiger partial charge in [-0.25, -0.2) is 14.6 Å². The Bertz CT molecular complexity index is 505. The van der Waals surface area contributed by atoms with E-state index in [9.17, 15) is 4.79 Å². The average Bonchev–Trinajstić information content (AvgIpc) is 2.97. The Morgan fingerprint density at radius 3 is 1.22 bits per heavy atom. The molecule has 0 aliphatic carbocycles. The van der Waals surface area contributed by atoms with E-state index >= 15 is 0 Å². The molecule has 41 heavy (non-hydrogen) atoms. The van der Waals surface area contributed by atoms with Crippen molar-refractivity contribution in [3.05, 3.63) is 0 Å². The lowest BCUT2D eigenvalue weighted by Crippen LogP contribution is -2.16. The van der Waals surface area contributed by atoms with E-state index in [1.165, 1.54) is 142 Å². The molecular weight excluding hydrogens is 542 g/mol. The summed E-state index contributed by atoms with van der Waals surface area (Å²) in [5.41, 5.74) is 0. The van der Waals surface area contributed by atoms with Crippen LogP contribution in [0.4, 0.5) is 4.79 Å². The molecule has 0 bridgehead atoms. The van der Waals surface area contributed by atoms with Gasteiger partial charge in [0.25, 0.3) is 0 Å². The van der Waals surface area contributed by atoms with E-state index in [0.29, 0.717) is 6.61 Å². The molecule has 0 unspecified atom stereocenters. The Hall–Kier alpha value is -1.13. The van der Waals surface area contributed by atoms with Crippen molar-refractivity contribution in [1.29, 1.82) is 0 Å². The average molecular weight is 600 g/mol. The van der Waals surface area contributed by atoms with Crippen molar-refractivity contribution in [1.82, 2.24) is 5.32 Å². The van der Waals surface area contributed by atoms with E-state index in [4.69, 9.17) is 9.99 Å². The summed E-state index contributed by atoms with van der Waals surface area (Å²) >= 11 is 0. The third-order valence-electron chi connectivity index (χ3n) is 6.64. The maximum Gasteiger partial charge on any atom is 0.540 e. The smallest absolute Gasteiger partial charge is 0.448 e. The summed E-state index contributed by atoms with van der Waals surface area (Å²) in [5, 5.41) is 41.6. The second-order valence-electron chi connectivity index (χ2n) is 10.2. The first-order valence-electron chi connectivity index (χ1n) is 15.8. The van der Waals surface area contributed by atoms with Gasteiger partial charge in [-0.1, -0.05) is 135 Å². The Balaban J connectivity index is 3.03. The Morgan fingerprint density at radius 2 is 0.805 bits per heavy atom. The van der Waals surface area contributed by atoms with E-state index in [-0.39, 0.29) is 0 Å². The highest BCUT2D eigenvalue weighted by atomic mass is 17.9. The topological polar surface area (TPSA) is 142 Å². The molecule has 0 aromatic rings. The van der Waals surface area contributed by atoms with E-state index in [2.05, 4.69) is 57.4 Å². The summed E-state index contributed by atoms with van der Waals surface area (Å²) in [5.74, 6) is 0. The van der Waals surface area contributed by atoms with Gasteiger partial charge in [-0.2, -0.15) is 0 Å². The lowest BCUT2D eigenvalue weighted by molar-refractivity contribution is -0.842. The second kappa shape index (κ2) is 36.9. The lowest BCUT2D eigenvalue weighted by atomic mass is 10.0. The van der Waals surface area contributed by atoms with E-state index in [1.807, 2.05) is 0 Å². The highest BCUT2D eigenvalue weighted by Gasteiger charge is 2.01. The van der Waals surface area contributed by atoms with Crippen LogP contribution in [-0.4, -0.2) is 31.0 Å². The third kappa shape index (κ3) is 38.9. The van der Waals surface area contributed by atoms with Crippen molar-refractivity contribution in [3.8, 4) is 0 Å². The van der Waals surface area contributed by atoms with Crippen LogP contribution in [0.2, 0.25) is 0 Å². The number of unbranched alkanes of at least 4 members (excludes halogenated alkanes) is 21. The molecule has 0 atom stereocenters. The van der Waals surface area contributed by atoms with Crippen LogP contribution in [0.5, 0.6) is 0 Å². The van der Waals surface area contributed by atoms with Crippen molar-refractivity contribution in [2.24, 2.45) is 0 Å². The van der Waals surface area contributed by atoms with Gasteiger partial charge in [-0.3, -0.25) is 0 Å². The fourth-order valence-corrected chi connectivity index (χ4v) is 4.38. The zero-order chi connectivity index (χ0) is 29.7. The molecule has 0 spiro atoms. The van der Waals surface area contributed by atoms with Gasteiger partial charge >= 0.3 is 6.16 Å². The molecule has 0 rings (SSSR count). The molecule has 0 saturated heterocycles. The Morgan fingerprint density at radius 1 is 0.463 bits per heavy atom. The first-order chi connectivity index (χ1) is 20.3. The number of carboxylic acid groups (broad SMARTS) is 1. The normalized spacial score (nSPS) is 11.3. The molecule has 13 nitrogen and oxygen atoms in total. The van der Waals surface area contributed by atoms with Crippen molar-refractivity contribution in [3.63, 3.8) is 0 Å². The van der Waals surface area contributed by atoms with Crippen LogP contribution < -0.4 is 5.32 Å². The summed E-state index contributed by atoms with van der Waals surface area (Å²) in [4.78, 5) is 18.0. The molecule has 0 fully saturated rings. The van der Waals surface area contributed by atoms with E-state index < -0.39 is 6.16 Å². The van der Waals surface area contributed by atoms with E-state index in [0.717, 1.165) is 19.3 Å². The first-order valence-corrected chi connectivity index (χ1v) is 15.8. The van der Waals surface area contributed by atoms with Crippen molar-refractivity contribution in [2.75, 3.05) is 19.7 Å². The number of hydrogen-bond donors (Lipinski definition) is 2. The minimum atomic E-state index is -1.76. The predicted octanol–water partition coefficient (Wildman–Crippen LogP) is 8.65. The minimum Gasteiger partial charge on any atom is -0.448 e. The standard InChI is InChI=1S/C28H57NO12/c1-2-3-22-25-29-26-23-20-18-16-14-12-10-8-6-4-5-7-9-11-13-15-17-19-21-24-27-32-34-36-38-40-41-39-37-35-33-28(30)31/h29H,2-27H2,1H3,(H,30,31). The summed E-state index contributed by atoms with van der Waals surface area (Å²) in [6.45, 7) is 4.98. The quantitative estimate of drug-likeness (QED) is 0.0403. The van der Waals surface area contributed by atoms with Crippen LogP contribution in [0.1, 0.15) is 155 Å². The maximum absolute atomic E-state index is 9.85. The number of rotatable bonds is 36. The predicted molar refractivity (Wildman–Crippen MR) is 148 cm³/mol. The zero-order valence-corrected chi connectivity index (χ0v) is 25.3.